The van der Waals surface area contributed by atoms with Crippen LogP contribution < -0.4 is 10.2 Å². The summed E-state index contributed by atoms with van der Waals surface area (Å²) in [5.41, 5.74) is 2.26. The topological polar surface area (TPSA) is 58.1 Å². The first-order chi connectivity index (χ1) is 6.91. The maximum absolute atomic E-state index is 11.0. The second-order valence-electron chi connectivity index (χ2n) is 3.65. The molecule has 1 amide bonds. The van der Waals surface area contributed by atoms with Crippen LogP contribution >= 0.6 is 0 Å². The molecule has 0 radical (unpaired) electrons. The van der Waals surface area contributed by atoms with Gasteiger partial charge in [0.15, 0.2) is 0 Å². The fraction of sp³-hybridized carbons (Fsp3) is 0.500. The Morgan fingerprint density at radius 1 is 1.20 bits per heavy atom. The van der Waals surface area contributed by atoms with Crippen molar-refractivity contribution in [1.29, 1.82) is 0 Å². The Morgan fingerprint density at radius 3 is 2.00 bits per heavy atom. The van der Waals surface area contributed by atoms with Crippen LogP contribution in [-0.2, 0) is 4.79 Å². The molecule has 0 aliphatic heterocycles. The number of rotatable bonds is 2. The maximum Gasteiger partial charge on any atom is 0.225 e. The number of hydrogen-bond acceptors (Lipinski definition) is 4. The van der Waals surface area contributed by atoms with Gasteiger partial charge in [0, 0.05) is 21.0 Å². The molecule has 0 unspecified atom stereocenters. The first kappa shape index (κ1) is 11.4. The Labute approximate surface area is 89.5 Å². The molecule has 0 aliphatic carbocycles. The smallest absolute Gasteiger partial charge is 0.225 e. The molecule has 1 N–H and O–H groups in total. The highest BCUT2D eigenvalue weighted by Crippen LogP contribution is 2.19. The normalized spacial score (nSPS) is 9.93. The van der Waals surface area contributed by atoms with Gasteiger partial charge in [-0.3, -0.25) is 4.79 Å². The summed E-state index contributed by atoms with van der Waals surface area (Å²) < 4.78 is 0. The van der Waals surface area contributed by atoms with E-state index in [1.54, 1.807) is 0 Å². The van der Waals surface area contributed by atoms with E-state index >= 15 is 0 Å². The van der Waals surface area contributed by atoms with Crippen LogP contribution in [0, 0.1) is 13.8 Å². The molecule has 15 heavy (non-hydrogen) atoms. The predicted molar refractivity (Wildman–Crippen MR) is 60.1 cm³/mol. The van der Waals surface area contributed by atoms with Crippen molar-refractivity contribution in [2.75, 3.05) is 24.3 Å². The predicted octanol–water partition coefficient (Wildman–Crippen LogP) is 1.12. The minimum absolute atomic E-state index is 0.109. The van der Waals surface area contributed by atoms with Gasteiger partial charge < -0.3 is 10.2 Å². The molecular formula is C10H16N4O. The highest BCUT2D eigenvalue weighted by molar-refractivity contribution is 5.89. The van der Waals surface area contributed by atoms with Crippen molar-refractivity contribution in [2.24, 2.45) is 0 Å². The molecule has 0 saturated heterocycles. The van der Waals surface area contributed by atoms with Crippen LogP contribution in [-0.4, -0.2) is 30.0 Å². The van der Waals surface area contributed by atoms with Crippen molar-refractivity contribution in [1.82, 2.24) is 9.97 Å². The lowest BCUT2D eigenvalue weighted by Crippen LogP contribution is -2.16. The van der Waals surface area contributed by atoms with E-state index in [1.165, 1.54) is 6.92 Å². The van der Waals surface area contributed by atoms with Crippen molar-refractivity contribution in [3.8, 4) is 0 Å². The van der Waals surface area contributed by atoms with Crippen LogP contribution in [0.2, 0.25) is 0 Å². The molecule has 82 valence electrons. The zero-order valence-electron chi connectivity index (χ0n) is 9.75. The van der Waals surface area contributed by atoms with Gasteiger partial charge in [-0.05, 0) is 13.8 Å². The first-order valence-corrected chi connectivity index (χ1v) is 4.72. The van der Waals surface area contributed by atoms with Crippen molar-refractivity contribution in [2.45, 2.75) is 20.8 Å². The molecule has 0 aromatic carbocycles. The molecule has 1 heterocycles. The average Bonchev–Trinajstić information content (AvgIpc) is 2.10. The fourth-order valence-corrected chi connectivity index (χ4v) is 1.26. The van der Waals surface area contributed by atoms with Gasteiger partial charge in [-0.2, -0.15) is 0 Å². The number of carbonyl (C=O) groups excluding carboxylic acids is 1. The van der Waals surface area contributed by atoms with Crippen LogP contribution in [0.3, 0.4) is 0 Å². The minimum atomic E-state index is -0.109. The second-order valence-corrected chi connectivity index (χ2v) is 3.65. The van der Waals surface area contributed by atoms with Crippen LogP contribution in [0.5, 0.6) is 0 Å². The van der Waals surface area contributed by atoms with Crippen LogP contribution in [0.4, 0.5) is 11.6 Å². The number of nitrogens with zero attached hydrogens (tertiary/aromatic N) is 3. The zero-order valence-corrected chi connectivity index (χ0v) is 9.75. The highest BCUT2D eigenvalue weighted by atomic mass is 16.1. The van der Waals surface area contributed by atoms with E-state index in [9.17, 15) is 4.79 Å². The molecule has 5 heteroatoms. The van der Waals surface area contributed by atoms with Crippen LogP contribution in [0.25, 0.3) is 0 Å². The third kappa shape index (κ3) is 2.65. The number of aryl methyl sites for hydroxylation is 2. The van der Waals surface area contributed by atoms with Gasteiger partial charge in [0.05, 0.1) is 17.1 Å². The van der Waals surface area contributed by atoms with Gasteiger partial charge in [-0.1, -0.05) is 0 Å². The molecule has 1 aromatic rings. The Hall–Kier alpha value is -1.65. The lowest BCUT2D eigenvalue weighted by molar-refractivity contribution is -0.114. The van der Waals surface area contributed by atoms with E-state index in [4.69, 9.17) is 0 Å². The Kier molecular flexibility index (Phi) is 3.24. The Balaban J connectivity index is 3.15. The lowest BCUT2D eigenvalue weighted by Gasteiger charge is -2.14. The molecule has 0 spiro atoms. The zero-order chi connectivity index (χ0) is 11.6. The summed E-state index contributed by atoms with van der Waals surface area (Å²) in [4.78, 5) is 21.4. The molecule has 0 saturated carbocycles. The number of nitrogens with one attached hydrogen (secondary N) is 1. The van der Waals surface area contributed by atoms with E-state index in [0.29, 0.717) is 11.6 Å². The number of carbonyl (C=O) groups is 1. The van der Waals surface area contributed by atoms with Crippen molar-refractivity contribution >= 4 is 17.5 Å². The third-order valence-electron chi connectivity index (χ3n) is 1.96. The number of anilines is 2. The van der Waals surface area contributed by atoms with E-state index < -0.39 is 0 Å². The van der Waals surface area contributed by atoms with Gasteiger partial charge in [0.1, 0.15) is 0 Å². The van der Waals surface area contributed by atoms with Gasteiger partial charge in [-0.25, -0.2) is 9.97 Å². The fourth-order valence-electron chi connectivity index (χ4n) is 1.26. The second kappa shape index (κ2) is 4.25. The minimum Gasteiger partial charge on any atom is -0.347 e. The van der Waals surface area contributed by atoms with Gasteiger partial charge in [-0.15, -0.1) is 0 Å². The van der Waals surface area contributed by atoms with Gasteiger partial charge in [0.2, 0.25) is 11.9 Å². The van der Waals surface area contributed by atoms with Gasteiger partial charge in [0.25, 0.3) is 0 Å². The van der Waals surface area contributed by atoms with Crippen molar-refractivity contribution < 1.29 is 4.79 Å². The molecule has 0 aliphatic rings. The number of amides is 1. The molecular weight excluding hydrogens is 192 g/mol. The average molecular weight is 208 g/mol. The molecule has 5 nitrogen and oxygen atoms in total. The summed E-state index contributed by atoms with van der Waals surface area (Å²) >= 11 is 0. The first-order valence-electron chi connectivity index (χ1n) is 4.72. The van der Waals surface area contributed by atoms with Crippen LogP contribution in [0.15, 0.2) is 0 Å². The third-order valence-corrected chi connectivity index (χ3v) is 1.96. The lowest BCUT2D eigenvalue weighted by atomic mass is 10.3. The highest BCUT2D eigenvalue weighted by Gasteiger charge is 2.10. The SMILES string of the molecule is CC(=O)Nc1c(C)nc(N(C)C)nc1C. The number of hydrogen-bond donors (Lipinski definition) is 1. The monoisotopic (exact) mass is 208 g/mol. The van der Waals surface area contributed by atoms with E-state index in [2.05, 4.69) is 15.3 Å². The van der Waals surface area contributed by atoms with E-state index in [0.717, 1.165) is 11.4 Å². The Bertz CT molecular complexity index is 364. The summed E-state index contributed by atoms with van der Waals surface area (Å²) in [5.74, 6) is 0.543. The Morgan fingerprint density at radius 2 is 1.67 bits per heavy atom. The summed E-state index contributed by atoms with van der Waals surface area (Å²) in [6.45, 7) is 5.18. The molecule has 1 aromatic heterocycles. The van der Waals surface area contributed by atoms with Crippen molar-refractivity contribution in [3.63, 3.8) is 0 Å². The largest absolute Gasteiger partial charge is 0.347 e. The van der Waals surface area contributed by atoms with Crippen LogP contribution in [0.1, 0.15) is 18.3 Å². The molecule has 0 fully saturated rings. The van der Waals surface area contributed by atoms with E-state index in [1.807, 2.05) is 32.8 Å². The summed E-state index contributed by atoms with van der Waals surface area (Å²) in [6.07, 6.45) is 0. The summed E-state index contributed by atoms with van der Waals surface area (Å²) in [7, 11) is 3.76. The van der Waals surface area contributed by atoms with E-state index in [-0.39, 0.29) is 5.91 Å². The molecule has 0 bridgehead atoms. The van der Waals surface area contributed by atoms with Gasteiger partial charge >= 0.3 is 0 Å². The standard InChI is InChI=1S/C10H16N4O/c1-6-9(13-8(3)15)7(2)12-10(11-6)14(4)5/h1-5H3,(H,13,15). The maximum atomic E-state index is 11.0. The molecule has 0 atom stereocenters. The number of aromatic nitrogens is 2. The summed E-state index contributed by atoms with van der Waals surface area (Å²) in [6, 6.07) is 0. The quantitative estimate of drug-likeness (QED) is 0.791. The van der Waals surface area contributed by atoms with Crippen molar-refractivity contribution in [3.05, 3.63) is 11.4 Å². The molecule has 1 rings (SSSR count). The summed E-state index contributed by atoms with van der Waals surface area (Å²) in [5, 5.41) is 2.73.